The molecule has 0 spiro atoms. The van der Waals surface area contributed by atoms with Gasteiger partial charge in [-0.2, -0.15) is 0 Å². The fourth-order valence-corrected chi connectivity index (χ4v) is 2.13. The molecule has 2 rings (SSSR count). The molecule has 0 aliphatic rings. The second kappa shape index (κ2) is 7.26. The van der Waals surface area contributed by atoms with Crippen LogP contribution >= 0.6 is 0 Å². The Balaban J connectivity index is 1.90. The molecule has 1 amide bonds. The lowest BCUT2D eigenvalue weighted by molar-refractivity contribution is -0.121. The van der Waals surface area contributed by atoms with Crippen LogP contribution < -0.4 is 5.32 Å². The van der Waals surface area contributed by atoms with Crippen LogP contribution in [-0.4, -0.2) is 5.91 Å². The molecule has 1 unspecified atom stereocenters. The van der Waals surface area contributed by atoms with Gasteiger partial charge in [-0.15, -0.1) is 0 Å². The molecular weight excluding hydrogens is 310 g/mol. The second-order valence-corrected chi connectivity index (χ2v) is 5.21. The Bertz CT molecular complexity index is 718. The smallest absolute Gasteiger partial charge is 0.220 e. The van der Waals surface area contributed by atoms with Crippen molar-refractivity contribution in [2.24, 2.45) is 0 Å². The van der Waals surface area contributed by atoms with Crippen LogP contribution in [0.1, 0.15) is 30.5 Å². The van der Waals surface area contributed by atoms with Gasteiger partial charge in [0.2, 0.25) is 5.91 Å². The van der Waals surface area contributed by atoms with Crippen LogP contribution in [0.2, 0.25) is 0 Å². The molecule has 0 radical (unpaired) electrons. The highest BCUT2D eigenvalue weighted by Gasteiger charge is 2.12. The van der Waals surface area contributed by atoms with Gasteiger partial charge in [0.15, 0.2) is 23.3 Å². The van der Waals surface area contributed by atoms with Gasteiger partial charge in [0.25, 0.3) is 0 Å². The molecule has 2 nitrogen and oxygen atoms in total. The molecule has 0 bridgehead atoms. The molecule has 122 valence electrons. The van der Waals surface area contributed by atoms with Gasteiger partial charge in [-0.05, 0) is 48.7 Å². The second-order valence-electron chi connectivity index (χ2n) is 5.21. The molecule has 0 saturated heterocycles. The summed E-state index contributed by atoms with van der Waals surface area (Å²) in [6, 6.07) is 6.36. The molecular formula is C17H15F4NO. The highest BCUT2D eigenvalue weighted by molar-refractivity contribution is 5.76. The molecule has 0 aliphatic carbocycles. The zero-order valence-electron chi connectivity index (χ0n) is 12.4. The molecule has 0 saturated carbocycles. The van der Waals surface area contributed by atoms with Crippen LogP contribution in [0, 0.1) is 23.3 Å². The van der Waals surface area contributed by atoms with Crippen molar-refractivity contribution in [2.45, 2.75) is 25.8 Å². The van der Waals surface area contributed by atoms with E-state index in [-0.39, 0.29) is 18.7 Å². The van der Waals surface area contributed by atoms with Crippen molar-refractivity contribution in [1.29, 1.82) is 0 Å². The molecule has 0 aliphatic heterocycles. The van der Waals surface area contributed by atoms with Gasteiger partial charge in [0.05, 0.1) is 6.04 Å². The van der Waals surface area contributed by atoms with Gasteiger partial charge >= 0.3 is 0 Å². The van der Waals surface area contributed by atoms with Gasteiger partial charge in [-0.25, -0.2) is 17.6 Å². The molecule has 0 aromatic heterocycles. The number of hydrogen-bond acceptors (Lipinski definition) is 1. The fourth-order valence-electron chi connectivity index (χ4n) is 2.13. The molecule has 0 fully saturated rings. The number of rotatable bonds is 5. The Morgan fingerprint density at radius 1 is 0.957 bits per heavy atom. The predicted molar refractivity (Wildman–Crippen MR) is 77.6 cm³/mol. The van der Waals surface area contributed by atoms with E-state index in [0.717, 1.165) is 24.3 Å². The lowest BCUT2D eigenvalue weighted by Crippen LogP contribution is -2.27. The monoisotopic (exact) mass is 325 g/mol. The summed E-state index contributed by atoms with van der Waals surface area (Å²) in [6.45, 7) is 1.64. The number of aryl methyl sites for hydroxylation is 1. The SMILES string of the molecule is CC(NC(=O)CCc1ccc(F)c(F)c1)c1ccc(F)c(F)c1. The Morgan fingerprint density at radius 3 is 2.17 bits per heavy atom. The highest BCUT2D eigenvalue weighted by atomic mass is 19.2. The first kappa shape index (κ1) is 17.0. The zero-order chi connectivity index (χ0) is 17.0. The quantitative estimate of drug-likeness (QED) is 0.826. The normalized spacial score (nSPS) is 12.0. The maximum atomic E-state index is 13.2. The van der Waals surface area contributed by atoms with E-state index in [1.807, 2.05) is 0 Å². The molecule has 6 heteroatoms. The van der Waals surface area contributed by atoms with Crippen molar-refractivity contribution in [2.75, 3.05) is 0 Å². The van der Waals surface area contributed by atoms with E-state index in [1.54, 1.807) is 6.92 Å². The van der Waals surface area contributed by atoms with Crippen LogP contribution in [0.15, 0.2) is 36.4 Å². The van der Waals surface area contributed by atoms with E-state index in [4.69, 9.17) is 0 Å². The van der Waals surface area contributed by atoms with Gasteiger partial charge in [-0.1, -0.05) is 12.1 Å². The van der Waals surface area contributed by atoms with Crippen molar-refractivity contribution in [3.8, 4) is 0 Å². The molecule has 1 atom stereocenters. The van der Waals surface area contributed by atoms with Gasteiger partial charge in [-0.3, -0.25) is 4.79 Å². The summed E-state index contributed by atoms with van der Waals surface area (Å²) >= 11 is 0. The first-order valence-corrected chi connectivity index (χ1v) is 7.05. The Labute approximate surface area is 131 Å². The van der Waals surface area contributed by atoms with Crippen LogP contribution in [0.4, 0.5) is 17.6 Å². The van der Waals surface area contributed by atoms with E-state index in [1.165, 1.54) is 12.1 Å². The molecule has 23 heavy (non-hydrogen) atoms. The zero-order valence-corrected chi connectivity index (χ0v) is 12.4. The third-order valence-electron chi connectivity index (χ3n) is 3.45. The van der Waals surface area contributed by atoms with Crippen LogP contribution in [0.5, 0.6) is 0 Å². The first-order chi connectivity index (χ1) is 10.9. The minimum Gasteiger partial charge on any atom is -0.350 e. The molecule has 2 aromatic carbocycles. The number of amides is 1. The lowest BCUT2D eigenvalue weighted by atomic mass is 10.1. The average Bonchev–Trinajstić information content (AvgIpc) is 2.51. The number of benzene rings is 2. The summed E-state index contributed by atoms with van der Waals surface area (Å²) < 4.78 is 51.9. The first-order valence-electron chi connectivity index (χ1n) is 7.05. The standard InChI is InChI=1S/C17H15F4NO/c1-10(12-4-6-14(19)16(21)9-12)22-17(23)7-3-11-2-5-13(18)15(20)8-11/h2,4-6,8-10H,3,7H2,1H3,(H,22,23). The van der Waals surface area contributed by atoms with E-state index >= 15 is 0 Å². The predicted octanol–water partition coefficient (Wildman–Crippen LogP) is 4.05. The van der Waals surface area contributed by atoms with E-state index in [0.29, 0.717) is 11.1 Å². The summed E-state index contributed by atoms with van der Waals surface area (Å²) in [5.74, 6) is -4.16. The van der Waals surface area contributed by atoms with Crippen LogP contribution in [0.25, 0.3) is 0 Å². The average molecular weight is 325 g/mol. The van der Waals surface area contributed by atoms with Gasteiger partial charge < -0.3 is 5.32 Å². The number of nitrogens with one attached hydrogen (secondary N) is 1. The van der Waals surface area contributed by atoms with Gasteiger partial charge in [0, 0.05) is 6.42 Å². The minimum atomic E-state index is -0.981. The van der Waals surface area contributed by atoms with Crippen molar-refractivity contribution < 1.29 is 22.4 Å². The van der Waals surface area contributed by atoms with Crippen molar-refractivity contribution >= 4 is 5.91 Å². The van der Waals surface area contributed by atoms with Crippen molar-refractivity contribution in [3.63, 3.8) is 0 Å². The summed E-state index contributed by atoms with van der Waals surface area (Å²) in [4.78, 5) is 11.9. The lowest BCUT2D eigenvalue weighted by Gasteiger charge is -2.14. The van der Waals surface area contributed by atoms with E-state index in [9.17, 15) is 22.4 Å². The molecule has 0 heterocycles. The van der Waals surface area contributed by atoms with Gasteiger partial charge in [0.1, 0.15) is 0 Å². The largest absolute Gasteiger partial charge is 0.350 e. The van der Waals surface area contributed by atoms with Crippen LogP contribution in [0.3, 0.4) is 0 Å². The topological polar surface area (TPSA) is 29.1 Å². The highest BCUT2D eigenvalue weighted by Crippen LogP contribution is 2.16. The summed E-state index contributed by atoms with van der Waals surface area (Å²) in [7, 11) is 0. The Kier molecular flexibility index (Phi) is 5.36. The fraction of sp³-hybridized carbons (Fsp3) is 0.235. The summed E-state index contributed by atoms with van der Waals surface area (Å²) in [5.41, 5.74) is 0.935. The number of hydrogen-bond donors (Lipinski definition) is 1. The Hall–Kier alpha value is -2.37. The van der Waals surface area contributed by atoms with Crippen molar-refractivity contribution in [3.05, 3.63) is 70.8 Å². The minimum absolute atomic E-state index is 0.0685. The van der Waals surface area contributed by atoms with E-state index in [2.05, 4.69) is 5.32 Å². The Morgan fingerprint density at radius 2 is 1.57 bits per heavy atom. The maximum Gasteiger partial charge on any atom is 0.220 e. The summed E-state index contributed by atoms with van der Waals surface area (Å²) in [5, 5.41) is 2.64. The third-order valence-corrected chi connectivity index (χ3v) is 3.45. The third kappa shape index (κ3) is 4.55. The maximum absolute atomic E-state index is 13.2. The van der Waals surface area contributed by atoms with Crippen LogP contribution in [-0.2, 0) is 11.2 Å². The summed E-state index contributed by atoms with van der Waals surface area (Å²) in [6.07, 6.45) is 0.312. The van der Waals surface area contributed by atoms with E-state index < -0.39 is 29.3 Å². The molecule has 1 N–H and O–H groups in total. The molecule has 2 aromatic rings. The number of carbonyl (C=O) groups is 1. The van der Waals surface area contributed by atoms with Crippen molar-refractivity contribution in [1.82, 2.24) is 5.32 Å². The number of carbonyl (C=O) groups excluding carboxylic acids is 1. The number of halogens is 4.